The fourth-order valence-corrected chi connectivity index (χ4v) is 2.74. The second kappa shape index (κ2) is 10.7. The van der Waals surface area contributed by atoms with Gasteiger partial charge in [0.1, 0.15) is 12.1 Å². The largest absolute Gasteiger partial charge is 0.480 e. The highest BCUT2D eigenvalue weighted by Crippen LogP contribution is 2.04. The normalized spacial score (nSPS) is 13.6. The van der Waals surface area contributed by atoms with Gasteiger partial charge in [0.2, 0.25) is 17.7 Å². The Hall–Kier alpha value is -3.73. The summed E-state index contributed by atoms with van der Waals surface area (Å²) in [4.78, 5) is 54.4. The van der Waals surface area contributed by atoms with E-state index < -0.39 is 48.2 Å². The van der Waals surface area contributed by atoms with Gasteiger partial charge in [0.05, 0.1) is 18.8 Å². The number of aromatic amines is 1. The van der Waals surface area contributed by atoms with Crippen LogP contribution in [0.1, 0.15) is 17.7 Å². The van der Waals surface area contributed by atoms with Gasteiger partial charge in [-0.25, -0.2) is 9.78 Å². The number of benzene rings is 1. The van der Waals surface area contributed by atoms with Crippen LogP contribution in [-0.4, -0.2) is 56.9 Å². The van der Waals surface area contributed by atoms with Crippen molar-refractivity contribution in [3.8, 4) is 0 Å². The number of aliphatic carboxylic acids is 1. The van der Waals surface area contributed by atoms with Crippen molar-refractivity contribution >= 4 is 23.7 Å². The first-order valence-corrected chi connectivity index (χ1v) is 9.15. The van der Waals surface area contributed by atoms with Crippen LogP contribution in [0, 0.1) is 0 Å². The molecule has 8 N–H and O–H groups in total. The second-order valence-corrected chi connectivity index (χ2v) is 6.71. The third kappa shape index (κ3) is 7.02. The number of carbonyl (C=O) groups is 4. The quantitative estimate of drug-likeness (QED) is 0.255. The molecule has 0 fully saturated rings. The molecule has 11 heteroatoms. The van der Waals surface area contributed by atoms with Crippen molar-refractivity contribution < 1.29 is 24.3 Å². The van der Waals surface area contributed by atoms with Crippen LogP contribution in [0.4, 0.5) is 0 Å². The number of imidazole rings is 1. The predicted molar refractivity (Wildman–Crippen MR) is 106 cm³/mol. The predicted octanol–water partition coefficient (Wildman–Crippen LogP) is -1.55. The third-order valence-electron chi connectivity index (χ3n) is 4.27. The van der Waals surface area contributed by atoms with Crippen molar-refractivity contribution in [1.82, 2.24) is 20.6 Å². The molecule has 3 unspecified atom stereocenters. The van der Waals surface area contributed by atoms with E-state index in [1.165, 1.54) is 12.5 Å². The Morgan fingerprint density at radius 1 is 1.03 bits per heavy atom. The lowest BCUT2D eigenvalue weighted by molar-refractivity contribution is -0.142. The molecule has 0 saturated heterocycles. The van der Waals surface area contributed by atoms with Crippen molar-refractivity contribution in [3.05, 3.63) is 54.1 Å². The van der Waals surface area contributed by atoms with Gasteiger partial charge in [0.25, 0.3) is 0 Å². The van der Waals surface area contributed by atoms with Crippen LogP contribution >= 0.6 is 0 Å². The summed E-state index contributed by atoms with van der Waals surface area (Å²) in [6.45, 7) is 0. The summed E-state index contributed by atoms with van der Waals surface area (Å²) in [7, 11) is 0. The standard InChI is InChI=1S/C19H24N6O5/c20-13(6-11-4-2-1-3-5-11)17(27)24-14(8-16(21)26)18(28)25-15(19(29)30)7-12-9-22-10-23-12/h1-5,9-10,13-15H,6-8,20H2,(H2,21,26)(H,22,23)(H,24,27)(H,25,28)(H,29,30). The lowest BCUT2D eigenvalue weighted by atomic mass is 10.0. The molecule has 1 aromatic heterocycles. The monoisotopic (exact) mass is 416 g/mol. The molecule has 30 heavy (non-hydrogen) atoms. The Morgan fingerprint density at radius 2 is 1.70 bits per heavy atom. The number of nitrogens with two attached hydrogens (primary N) is 2. The fourth-order valence-electron chi connectivity index (χ4n) is 2.74. The summed E-state index contributed by atoms with van der Waals surface area (Å²) >= 11 is 0. The summed E-state index contributed by atoms with van der Waals surface area (Å²) in [5, 5.41) is 14.1. The fraction of sp³-hybridized carbons (Fsp3) is 0.316. The number of amides is 3. The minimum Gasteiger partial charge on any atom is -0.480 e. The molecule has 2 rings (SSSR count). The van der Waals surface area contributed by atoms with E-state index in [0.717, 1.165) is 5.56 Å². The number of carboxylic acid groups (broad SMARTS) is 1. The lowest BCUT2D eigenvalue weighted by Gasteiger charge is -2.22. The molecule has 160 valence electrons. The Labute approximate surface area is 172 Å². The zero-order valence-corrected chi connectivity index (χ0v) is 16.1. The molecule has 2 aromatic rings. The van der Waals surface area contributed by atoms with Crippen molar-refractivity contribution in [3.63, 3.8) is 0 Å². The highest BCUT2D eigenvalue weighted by Gasteiger charge is 2.29. The Kier molecular flexibility index (Phi) is 8.06. The van der Waals surface area contributed by atoms with Gasteiger partial charge in [-0.05, 0) is 12.0 Å². The van der Waals surface area contributed by atoms with Crippen LogP contribution in [0.15, 0.2) is 42.9 Å². The molecule has 0 aliphatic heterocycles. The first-order chi connectivity index (χ1) is 14.3. The van der Waals surface area contributed by atoms with Gasteiger partial charge in [-0.3, -0.25) is 14.4 Å². The summed E-state index contributed by atoms with van der Waals surface area (Å²) in [6.07, 6.45) is 2.45. The highest BCUT2D eigenvalue weighted by molar-refractivity contribution is 5.94. The number of hydrogen-bond acceptors (Lipinski definition) is 6. The highest BCUT2D eigenvalue weighted by atomic mass is 16.4. The van der Waals surface area contributed by atoms with Gasteiger partial charge in [-0.1, -0.05) is 30.3 Å². The Bertz CT molecular complexity index is 871. The van der Waals surface area contributed by atoms with Crippen molar-refractivity contribution in [2.75, 3.05) is 0 Å². The van der Waals surface area contributed by atoms with Crippen LogP contribution in [-0.2, 0) is 32.0 Å². The number of rotatable bonds is 11. The molecular weight excluding hydrogens is 392 g/mol. The van der Waals surface area contributed by atoms with E-state index in [1.54, 1.807) is 24.3 Å². The molecule has 3 atom stereocenters. The van der Waals surface area contributed by atoms with E-state index in [4.69, 9.17) is 11.5 Å². The topological polar surface area (TPSA) is 193 Å². The van der Waals surface area contributed by atoms with Gasteiger partial charge in [0, 0.05) is 18.3 Å². The summed E-state index contributed by atoms with van der Waals surface area (Å²) in [6, 6.07) is 5.38. The maximum Gasteiger partial charge on any atom is 0.326 e. The lowest BCUT2D eigenvalue weighted by Crippen LogP contribution is -2.56. The van der Waals surface area contributed by atoms with Crippen LogP contribution in [0.3, 0.4) is 0 Å². The minimum atomic E-state index is -1.36. The van der Waals surface area contributed by atoms with Crippen LogP contribution in [0.5, 0.6) is 0 Å². The Balaban J connectivity index is 2.03. The second-order valence-electron chi connectivity index (χ2n) is 6.71. The smallest absolute Gasteiger partial charge is 0.326 e. The molecule has 1 aromatic carbocycles. The molecule has 0 bridgehead atoms. The van der Waals surface area contributed by atoms with Crippen LogP contribution in [0.25, 0.3) is 0 Å². The number of carboxylic acids is 1. The number of aromatic nitrogens is 2. The van der Waals surface area contributed by atoms with E-state index in [9.17, 15) is 24.3 Å². The van der Waals surface area contributed by atoms with Crippen LogP contribution < -0.4 is 22.1 Å². The van der Waals surface area contributed by atoms with Crippen molar-refractivity contribution in [2.24, 2.45) is 11.5 Å². The van der Waals surface area contributed by atoms with Crippen molar-refractivity contribution in [1.29, 1.82) is 0 Å². The average Bonchev–Trinajstić information content (AvgIpc) is 3.20. The number of H-pyrrole nitrogens is 1. The van der Waals surface area contributed by atoms with Gasteiger partial charge in [-0.15, -0.1) is 0 Å². The molecule has 3 amide bonds. The van der Waals surface area contributed by atoms with Gasteiger partial charge in [-0.2, -0.15) is 0 Å². The van der Waals surface area contributed by atoms with E-state index >= 15 is 0 Å². The zero-order valence-electron chi connectivity index (χ0n) is 16.1. The number of primary amides is 1. The van der Waals surface area contributed by atoms with Gasteiger partial charge in [0.15, 0.2) is 0 Å². The van der Waals surface area contributed by atoms with E-state index in [0.29, 0.717) is 5.69 Å². The number of hydrogen-bond donors (Lipinski definition) is 6. The average molecular weight is 416 g/mol. The molecule has 0 radical (unpaired) electrons. The SMILES string of the molecule is NC(=O)CC(NC(=O)C(N)Cc1ccccc1)C(=O)NC(Cc1cnc[nH]1)C(=O)O. The third-order valence-corrected chi connectivity index (χ3v) is 4.27. The molecular formula is C19H24N6O5. The molecule has 11 nitrogen and oxygen atoms in total. The first-order valence-electron chi connectivity index (χ1n) is 9.15. The first kappa shape index (κ1) is 22.6. The van der Waals surface area contributed by atoms with Crippen LogP contribution in [0.2, 0.25) is 0 Å². The van der Waals surface area contributed by atoms with Gasteiger partial charge >= 0.3 is 5.97 Å². The maximum absolute atomic E-state index is 12.6. The molecule has 0 aliphatic rings. The van der Waals surface area contributed by atoms with E-state index in [-0.39, 0.29) is 12.8 Å². The number of carbonyl (C=O) groups excluding carboxylic acids is 3. The number of nitrogens with one attached hydrogen (secondary N) is 3. The minimum absolute atomic E-state index is 0.0637. The van der Waals surface area contributed by atoms with E-state index in [2.05, 4.69) is 20.6 Å². The summed E-state index contributed by atoms with van der Waals surface area (Å²) < 4.78 is 0. The molecule has 0 saturated carbocycles. The van der Waals surface area contributed by atoms with E-state index in [1.807, 2.05) is 6.07 Å². The molecule has 0 spiro atoms. The summed E-state index contributed by atoms with van der Waals surface area (Å²) in [5.74, 6) is -3.66. The van der Waals surface area contributed by atoms with Crippen molar-refractivity contribution in [2.45, 2.75) is 37.4 Å². The zero-order chi connectivity index (χ0) is 22.1. The summed E-state index contributed by atoms with van der Waals surface area (Å²) in [5.41, 5.74) is 12.4. The molecule has 0 aliphatic carbocycles. The molecule has 1 heterocycles. The number of nitrogens with zero attached hydrogens (tertiary/aromatic N) is 1. The van der Waals surface area contributed by atoms with Gasteiger partial charge < -0.3 is 32.2 Å². The Morgan fingerprint density at radius 3 is 2.27 bits per heavy atom. The maximum atomic E-state index is 12.6.